The molecule has 1 saturated carbocycles. The van der Waals surface area contributed by atoms with Crippen molar-refractivity contribution in [1.82, 2.24) is 14.7 Å². The second kappa shape index (κ2) is 9.22. The molecule has 31 heavy (non-hydrogen) atoms. The minimum Gasteiger partial charge on any atom is -0.340 e. The van der Waals surface area contributed by atoms with Gasteiger partial charge < -0.3 is 9.80 Å². The number of nitrogens with zero attached hydrogens (tertiary/aromatic N) is 3. The minimum absolute atomic E-state index is 0.0962. The van der Waals surface area contributed by atoms with Crippen LogP contribution in [0.2, 0.25) is 0 Å². The number of piperazine rings is 1. The third-order valence-electron chi connectivity index (χ3n) is 8.18. The summed E-state index contributed by atoms with van der Waals surface area (Å²) in [6.07, 6.45) is 10.4. The molecule has 6 heteroatoms. The third kappa shape index (κ3) is 4.56. The van der Waals surface area contributed by atoms with Crippen LogP contribution < -0.4 is 0 Å². The van der Waals surface area contributed by atoms with E-state index in [-0.39, 0.29) is 11.8 Å². The predicted molar refractivity (Wildman–Crippen MR) is 125 cm³/mol. The summed E-state index contributed by atoms with van der Waals surface area (Å²) in [5.74, 6) is 1.38. The fraction of sp³-hybridized carbons (Fsp3) is 0.760. The monoisotopic (exact) mass is 443 g/mol. The molecule has 1 atom stereocenters. The summed E-state index contributed by atoms with van der Waals surface area (Å²) in [7, 11) is 0. The van der Waals surface area contributed by atoms with Gasteiger partial charge in [0, 0.05) is 56.1 Å². The fourth-order valence-electron chi connectivity index (χ4n) is 6.04. The molecular weight excluding hydrogens is 406 g/mol. The normalized spacial score (nSPS) is 26.3. The number of carbonyl (C=O) groups is 2. The van der Waals surface area contributed by atoms with E-state index in [1.807, 2.05) is 4.90 Å². The van der Waals surface area contributed by atoms with Gasteiger partial charge in [-0.2, -0.15) is 0 Å². The first kappa shape index (κ1) is 21.4. The van der Waals surface area contributed by atoms with Crippen molar-refractivity contribution in [2.75, 3.05) is 39.3 Å². The molecule has 0 unspecified atom stereocenters. The Bertz CT molecular complexity index is 800. The number of carbonyl (C=O) groups excluding carboxylic acids is 2. The average Bonchev–Trinajstić information content (AvgIpc) is 3.48. The van der Waals surface area contributed by atoms with Crippen molar-refractivity contribution in [3.63, 3.8) is 0 Å². The van der Waals surface area contributed by atoms with Crippen LogP contribution in [0.1, 0.15) is 72.0 Å². The summed E-state index contributed by atoms with van der Waals surface area (Å²) in [6.45, 7) is 7.91. The Morgan fingerprint density at radius 3 is 2.32 bits per heavy atom. The number of thiophene rings is 1. The van der Waals surface area contributed by atoms with Crippen molar-refractivity contribution >= 4 is 23.2 Å². The maximum Gasteiger partial charge on any atom is 0.263 e. The Hall–Kier alpha value is -1.40. The van der Waals surface area contributed by atoms with Crippen molar-refractivity contribution in [3.8, 4) is 0 Å². The number of fused-ring (bicyclic) bond motifs is 1. The molecule has 2 aliphatic carbocycles. The Morgan fingerprint density at radius 1 is 0.903 bits per heavy atom. The fourth-order valence-corrected chi connectivity index (χ4v) is 7.22. The zero-order valence-corrected chi connectivity index (χ0v) is 19.8. The van der Waals surface area contributed by atoms with Gasteiger partial charge >= 0.3 is 0 Å². The molecule has 0 bridgehead atoms. The van der Waals surface area contributed by atoms with Crippen LogP contribution in [0, 0.1) is 11.8 Å². The Balaban J connectivity index is 1.17. The van der Waals surface area contributed by atoms with Crippen molar-refractivity contribution < 1.29 is 9.59 Å². The van der Waals surface area contributed by atoms with Gasteiger partial charge in [-0.3, -0.25) is 14.5 Å². The summed E-state index contributed by atoms with van der Waals surface area (Å²) in [5.41, 5.74) is 1.26. The highest BCUT2D eigenvalue weighted by Gasteiger charge is 2.34. The third-order valence-corrected chi connectivity index (χ3v) is 9.41. The number of likely N-dealkylation sites (tertiary alicyclic amines) is 1. The lowest BCUT2D eigenvalue weighted by molar-refractivity contribution is -0.138. The molecular formula is C25H37N3O2S. The highest BCUT2D eigenvalue weighted by Crippen LogP contribution is 2.34. The molecule has 0 aromatic carbocycles. The van der Waals surface area contributed by atoms with Crippen molar-refractivity contribution in [2.45, 2.75) is 70.8 Å². The highest BCUT2D eigenvalue weighted by molar-refractivity contribution is 7.14. The van der Waals surface area contributed by atoms with E-state index in [1.54, 1.807) is 11.3 Å². The SMILES string of the molecule is CC1CCN(C(=O)c2cc3c(s2)CC[C@H](C(=O)N2CCN(C4CCCC4)CC2)C3)CC1. The number of hydrogen-bond donors (Lipinski definition) is 0. The summed E-state index contributed by atoms with van der Waals surface area (Å²) in [4.78, 5) is 35.2. The lowest BCUT2D eigenvalue weighted by Crippen LogP contribution is -2.53. The molecule has 0 N–H and O–H groups in total. The molecule has 4 aliphatic rings. The minimum atomic E-state index is 0.0962. The molecule has 0 radical (unpaired) electrons. The Morgan fingerprint density at radius 2 is 1.61 bits per heavy atom. The summed E-state index contributed by atoms with van der Waals surface area (Å²) < 4.78 is 0. The molecule has 3 fully saturated rings. The molecule has 2 saturated heterocycles. The van der Waals surface area contributed by atoms with Gasteiger partial charge in [0.2, 0.25) is 5.91 Å². The molecule has 0 spiro atoms. The molecule has 170 valence electrons. The first-order valence-electron chi connectivity index (χ1n) is 12.5. The van der Waals surface area contributed by atoms with E-state index >= 15 is 0 Å². The van der Waals surface area contributed by atoms with E-state index < -0.39 is 0 Å². The van der Waals surface area contributed by atoms with Crippen LogP contribution in [0.15, 0.2) is 6.07 Å². The largest absolute Gasteiger partial charge is 0.340 e. The van der Waals surface area contributed by atoms with Gasteiger partial charge in [-0.05, 0) is 62.5 Å². The van der Waals surface area contributed by atoms with E-state index in [0.717, 1.165) is 88.2 Å². The first-order valence-corrected chi connectivity index (χ1v) is 13.3. The van der Waals surface area contributed by atoms with Crippen molar-refractivity contribution in [3.05, 3.63) is 21.4 Å². The zero-order chi connectivity index (χ0) is 21.4. The van der Waals surface area contributed by atoms with Gasteiger partial charge in [0.1, 0.15) is 0 Å². The van der Waals surface area contributed by atoms with Gasteiger partial charge in [0.25, 0.3) is 5.91 Å². The van der Waals surface area contributed by atoms with Gasteiger partial charge in [-0.15, -0.1) is 11.3 Å². The topological polar surface area (TPSA) is 43.9 Å². The van der Waals surface area contributed by atoms with Crippen LogP contribution in [-0.2, 0) is 17.6 Å². The molecule has 1 aromatic rings. The molecule has 3 heterocycles. The van der Waals surface area contributed by atoms with E-state index in [9.17, 15) is 9.59 Å². The van der Waals surface area contributed by atoms with Gasteiger partial charge in [0.05, 0.1) is 4.88 Å². The van der Waals surface area contributed by atoms with Crippen LogP contribution in [0.4, 0.5) is 0 Å². The number of piperidine rings is 1. The van der Waals surface area contributed by atoms with Crippen LogP contribution in [0.3, 0.4) is 0 Å². The van der Waals surface area contributed by atoms with Crippen LogP contribution in [-0.4, -0.2) is 71.8 Å². The van der Waals surface area contributed by atoms with Crippen molar-refractivity contribution in [2.24, 2.45) is 11.8 Å². The molecule has 1 aromatic heterocycles. The highest BCUT2D eigenvalue weighted by atomic mass is 32.1. The molecule has 5 rings (SSSR count). The van der Waals surface area contributed by atoms with Gasteiger partial charge in [-0.1, -0.05) is 19.8 Å². The van der Waals surface area contributed by atoms with Gasteiger partial charge in [0.15, 0.2) is 0 Å². The number of rotatable bonds is 3. The van der Waals surface area contributed by atoms with Crippen LogP contribution in [0.25, 0.3) is 0 Å². The molecule has 2 aliphatic heterocycles. The van der Waals surface area contributed by atoms with Crippen LogP contribution in [0.5, 0.6) is 0 Å². The number of hydrogen-bond acceptors (Lipinski definition) is 4. The Kier molecular flexibility index (Phi) is 6.38. The lowest BCUT2D eigenvalue weighted by Gasteiger charge is -2.39. The van der Waals surface area contributed by atoms with Crippen LogP contribution >= 0.6 is 11.3 Å². The van der Waals surface area contributed by atoms with E-state index in [2.05, 4.69) is 22.8 Å². The van der Waals surface area contributed by atoms with Gasteiger partial charge in [-0.25, -0.2) is 0 Å². The van der Waals surface area contributed by atoms with E-state index in [0.29, 0.717) is 5.91 Å². The summed E-state index contributed by atoms with van der Waals surface area (Å²) >= 11 is 1.68. The average molecular weight is 444 g/mol. The molecule has 5 nitrogen and oxygen atoms in total. The molecule has 2 amide bonds. The maximum atomic E-state index is 13.2. The maximum absolute atomic E-state index is 13.2. The summed E-state index contributed by atoms with van der Waals surface area (Å²) in [6, 6.07) is 2.87. The Labute approximate surface area is 190 Å². The van der Waals surface area contributed by atoms with Crippen molar-refractivity contribution in [1.29, 1.82) is 0 Å². The second-order valence-corrected chi connectivity index (χ2v) is 11.4. The van der Waals surface area contributed by atoms with E-state index in [4.69, 9.17) is 0 Å². The number of aryl methyl sites for hydroxylation is 1. The zero-order valence-electron chi connectivity index (χ0n) is 19.0. The van der Waals surface area contributed by atoms with E-state index in [1.165, 1.54) is 36.1 Å². The lowest BCUT2D eigenvalue weighted by atomic mass is 9.87. The first-order chi connectivity index (χ1) is 15.1. The quantitative estimate of drug-likeness (QED) is 0.714. The summed E-state index contributed by atoms with van der Waals surface area (Å²) in [5, 5.41) is 0. The second-order valence-electron chi connectivity index (χ2n) is 10.3. The predicted octanol–water partition coefficient (Wildman–Crippen LogP) is 3.81. The standard InChI is InChI=1S/C25H37N3O2S/c1-18-8-10-27(11-9-18)25(30)23-17-20-16-19(6-7-22(20)31-23)24(29)28-14-12-26(13-15-28)21-4-2-3-5-21/h17-19,21H,2-16H2,1H3/t19-/m0/s1. The number of amides is 2. The smallest absolute Gasteiger partial charge is 0.263 e.